The number of rotatable bonds is 9. The summed E-state index contributed by atoms with van der Waals surface area (Å²) in [5, 5.41) is 26.4. The molecule has 0 spiro atoms. The Morgan fingerprint density at radius 3 is 2.53 bits per heavy atom. The van der Waals surface area contributed by atoms with Crippen LogP contribution >= 0.6 is 23.1 Å². The monoisotopic (exact) mass is 471 g/mol. The SMILES string of the molecule is O=C(NCCN1CCN(CCSCc2cccs2)CC1)c1cc2cccc(O)c2cc1O. The Hall–Kier alpha value is -2.26. The summed E-state index contributed by atoms with van der Waals surface area (Å²) in [4.78, 5) is 18.9. The van der Waals surface area contributed by atoms with Crippen molar-refractivity contribution in [1.29, 1.82) is 0 Å². The first kappa shape index (κ1) is 22.9. The number of benzene rings is 2. The quantitative estimate of drug-likeness (QED) is 0.414. The molecule has 170 valence electrons. The molecule has 1 saturated heterocycles. The normalized spacial score (nSPS) is 15.2. The topological polar surface area (TPSA) is 76.0 Å². The molecule has 1 aliphatic rings. The van der Waals surface area contributed by atoms with Gasteiger partial charge in [0.25, 0.3) is 5.91 Å². The van der Waals surface area contributed by atoms with Gasteiger partial charge in [-0.3, -0.25) is 14.6 Å². The number of aromatic hydroxyl groups is 2. The van der Waals surface area contributed by atoms with Gasteiger partial charge in [-0.05, 0) is 35.0 Å². The maximum Gasteiger partial charge on any atom is 0.255 e. The van der Waals surface area contributed by atoms with E-state index in [1.165, 1.54) is 10.9 Å². The first-order valence-corrected chi connectivity index (χ1v) is 12.9. The summed E-state index contributed by atoms with van der Waals surface area (Å²) >= 11 is 3.82. The van der Waals surface area contributed by atoms with Crippen molar-refractivity contribution >= 4 is 39.8 Å². The summed E-state index contributed by atoms with van der Waals surface area (Å²) in [5.41, 5.74) is 0.230. The molecule has 8 heteroatoms. The highest BCUT2D eigenvalue weighted by atomic mass is 32.2. The van der Waals surface area contributed by atoms with Gasteiger partial charge >= 0.3 is 0 Å². The van der Waals surface area contributed by atoms with Crippen molar-refractivity contribution in [2.24, 2.45) is 0 Å². The van der Waals surface area contributed by atoms with E-state index in [0.717, 1.165) is 56.2 Å². The smallest absolute Gasteiger partial charge is 0.255 e. The number of carbonyl (C=O) groups excluding carboxylic acids is 1. The van der Waals surface area contributed by atoms with Crippen LogP contribution in [0.2, 0.25) is 0 Å². The molecule has 0 unspecified atom stereocenters. The predicted molar refractivity (Wildman–Crippen MR) is 133 cm³/mol. The lowest BCUT2D eigenvalue weighted by molar-refractivity contribution is 0.0935. The largest absolute Gasteiger partial charge is 0.507 e. The van der Waals surface area contributed by atoms with E-state index in [2.05, 4.69) is 32.6 Å². The molecule has 0 saturated carbocycles. The molecule has 3 N–H and O–H groups in total. The van der Waals surface area contributed by atoms with Crippen LogP contribution in [0.5, 0.6) is 11.5 Å². The lowest BCUT2D eigenvalue weighted by Crippen LogP contribution is -2.48. The maximum absolute atomic E-state index is 12.6. The Bertz CT molecular complexity index is 1030. The van der Waals surface area contributed by atoms with E-state index in [1.807, 2.05) is 29.2 Å². The summed E-state index contributed by atoms with van der Waals surface area (Å²) in [5.74, 6) is 1.92. The second-order valence-electron chi connectivity index (χ2n) is 7.94. The molecular weight excluding hydrogens is 442 g/mol. The maximum atomic E-state index is 12.6. The second kappa shape index (κ2) is 11.0. The number of phenols is 2. The van der Waals surface area contributed by atoms with Crippen molar-refractivity contribution < 1.29 is 15.0 Å². The van der Waals surface area contributed by atoms with E-state index >= 15 is 0 Å². The number of nitrogens with zero attached hydrogens (tertiary/aromatic N) is 2. The Morgan fingerprint density at radius 1 is 1.00 bits per heavy atom. The predicted octanol–water partition coefficient (Wildman–Crippen LogP) is 3.59. The Labute approximate surface area is 196 Å². The molecule has 1 amide bonds. The molecule has 3 aromatic rings. The molecule has 6 nitrogen and oxygen atoms in total. The first-order chi connectivity index (χ1) is 15.6. The van der Waals surface area contributed by atoms with Crippen LogP contribution in [-0.4, -0.2) is 77.5 Å². The van der Waals surface area contributed by atoms with Crippen molar-refractivity contribution in [2.45, 2.75) is 5.75 Å². The third-order valence-electron chi connectivity index (χ3n) is 5.77. The van der Waals surface area contributed by atoms with Gasteiger partial charge in [-0.15, -0.1) is 11.3 Å². The highest BCUT2D eigenvalue weighted by Crippen LogP contribution is 2.30. The zero-order chi connectivity index (χ0) is 22.3. The Balaban J connectivity index is 1.16. The lowest BCUT2D eigenvalue weighted by atomic mass is 10.0. The molecule has 0 radical (unpaired) electrons. The fourth-order valence-corrected chi connectivity index (χ4v) is 5.74. The van der Waals surface area contributed by atoms with Crippen LogP contribution in [-0.2, 0) is 5.75 Å². The highest BCUT2D eigenvalue weighted by molar-refractivity contribution is 7.98. The minimum absolute atomic E-state index is 0.0880. The van der Waals surface area contributed by atoms with E-state index in [0.29, 0.717) is 11.9 Å². The van der Waals surface area contributed by atoms with Crippen LogP contribution in [0.15, 0.2) is 47.8 Å². The van der Waals surface area contributed by atoms with Gasteiger partial charge in [0.05, 0.1) is 5.56 Å². The fraction of sp³-hybridized carbons (Fsp3) is 0.375. The number of hydrogen-bond donors (Lipinski definition) is 3. The minimum atomic E-state index is -0.297. The minimum Gasteiger partial charge on any atom is -0.507 e. The standard InChI is InChI=1S/C24H29N3O3S2/c28-22-5-1-3-18-15-21(23(29)16-20(18)22)24(30)25-6-7-26-8-10-27(11-9-26)12-14-31-17-19-4-2-13-32-19/h1-5,13,15-16,28-29H,6-12,14,17H2,(H,25,30). The number of thiophene rings is 1. The van der Waals surface area contributed by atoms with Crippen LogP contribution < -0.4 is 5.32 Å². The van der Waals surface area contributed by atoms with Crippen molar-refractivity contribution in [3.8, 4) is 11.5 Å². The number of piperazine rings is 1. The van der Waals surface area contributed by atoms with Gasteiger partial charge in [0.1, 0.15) is 11.5 Å². The first-order valence-electron chi connectivity index (χ1n) is 10.9. The van der Waals surface area contributed by atoms with E-state index in [9.17, 15) is 15.0 Å². The fourth-order valence-electron chi connectivity index (χ4n) is 3.90. The number of fused-ring (bicyclic) bond motifs is 1. The van der Waals surface area contributed by atoms with Gasteiger partial charge in [0.2, 0.25) is 0 Å². The molecule has 2 aromatic carbocycles. The van der Waals surface area contributed by atoms with Crippen LogP contribution in [0.25, 0.3) is 10.8 Å². The molecule has 0 bridgehead atoms. The molecule has 1 aromatic heterocycles. The summed E-state index contributed by atoms with van der Waals surface area (Å²) in [6.45, 7) is 6.58. The van der Waals surface area contributed by atoms with E-state index in [-0.39, 0.29) is 23.0 Å². The zero-order valence-electron chi connectivity index (χ0n) is 18.0. The number of phenolic OH excluding ortho intramolecular Hbond substituents is 2. The van der Waals surface area contributed by atoms with Crippen LogP contribution in [0.4, 0.5) is 0 Å². The Morgan fingerprint density at radius 2 is 1.78 bits per heavy atom. The molecule has 4 rings (SSSR count). The van der Waals surface area contributed by atoms with Gasteiger partial charge in [-0.1, -0.05) is 18.2 Å². The number of hydrogen-bond acceptors (Lipinski definition) is 7. The van der Waals surface area contributed by atoms with Crippen LogP contribution in [0, 0.1) is 0 Å². The van der Waals surface area contributed by atoms with Crippen LogP contribution in [0.3, 0.4) is 0 Å². The van der Waals surface area contributed by atoms with E-state index < -0.39 is 0 Å². The second-order valence-corrected chi connectivity index (χ2v) is 10.1. The van der Waals surface area contributed by atoms with Gasteiger partial charge in [-0.25, -0.2) is 0 Å². The Kier molecular flexibility index (Phi) is 7.91. The van der Waals surface area contributed by atoms with E-state index in [4.69, 9.17) is 0 Å². The van der Waals surface area contributed by atoms with Crippen LogP contribution in [0.1, 0.15) is 15.2 Å². The average molecular weight is 472 g/mol. The van der Waals surface area contributed by atoms with Gasteiger partial charge in [-0.2, -0.15) is 11.8 Å². The van der Waals surface area contributed by atoms with Gasteiger partial charge in [0, 0.05) is 67.6 Å². The number of nitrogens with one attached hydrogen (secondary N) is 1. The average Bonchev–Trinajstić information content (AvgIpc) is 3.31. The lowest BCUT2D eigenvalue weighted by Gasteiger charge is -2.34. The highest BCUT2D eigenvalue weighted by Gasteiger charge is 2.17. The molecular formula is C24H29N3O3S2. The van der Waals surface area contributed by atoms with Crippen molar-refractivity contribution in [1.82, 2.24) is 15.1 Å². The summed E-state index contributed by atoms with van der Waals surface area (Å²) in [7, 11) is 0. The molecule has 1 aliphatic heterocycles. The van der Waals surface area contributed by atoms with Gasteiger partial charge < -0.3 is 15.5 Å². The van der Waals surface area contributed by atoms with Crippen molar-refractivity contribution in [3.63, 3.8) is 0 Å². The third-order valence-corrected chi connectivity index (χ3v) is 7.82. The number of amides is 1. The summed E-state index contributed by atoms with van der Waals surface area (Å²) in [6.07, 6.45) is 0. The van der Waals surface area contributed by atoms with Gasteiger partial charge in [0.15, 0.2) is 0 Å². The summed E-state index contributed by atoms with van der Waals surface area (Å²) < 4.78 is 0. The molecule has 0 aliphatic carbocycles. The zero-order valence-corrected chi connectivity index (χ0v) is 19.6. The number of carbonyl (C=O) groups is 1. The number of thioether (sulfide) groups is 1. The molecule has 0 atom stereocenters. The molecule has 1 fully saturated rings. The molecule has 2 heterocycles. The van der Waals surface area contributed by atoms with Crippen molar-refractivity contribution in [3.05, 3.63) is 58.3 Å². The van der Waals surface area contributed by atoms with E-state index in [1.54, 1.807) is 18.2 Å². The van der Waals surface area contributed by atoms with Crippen molar-refractivity contribution in [2.75, 3.05) is 51.6 Å². The summed E-state index contributed by atoms with van der Waals surface area (Å²) in [6, 6.07) is 12.5. The molecule has 32 heavy (non-hydrogen) atoms. The third kappa shape index (κ3) is 5.95.